The molecule has 0 saturated carbocycles. The average Bonchev–Trinajstić information content (AvgIpc) is 3.33. The maximum absolute atomic E-state index is 13.4. The van der Waals surface area contributed by atoms with Gasteiger partial charge in [0.25, 0.3) is 0 Å². The first-order valence-corrected chi connectivity index (χ1v) is 14.9. The van der Waals surface area contributed by atoms with E-state index in [4.69, 9.17) is 32.7 Å². The van der Waals surface area contributed by atoms with Gasteiger partial charge in [-0.05, 0) is 51.0 Å². The first kappa shape index (κ1) is 29.9. The van der Waals surface area contributed by atoms with Crippen LogP contribution in [0.1, 0.15) is 45.6 Å². The summed E-state index contributed by atoms with van der Waals surface area (Å²) in [4.78, 5) is 27.8. The first-order chi connectivity index (χ1) is 17.9. The van der Waals surface area contributed by atoms with E-state index < -0.39 is 16.1 Å². The summed E-state index contributed by atoms with van der Waals surface area (Å²) in [5, 5.41) is 3.68. The summed E-state index contributed by atoms with van der Waals surface area (Å²) in [5.74, 6) is 0.369. The molecule has 9 nitrogen and oxygen atoms in total. The van der Waals surface area contributed by atoms with E-state index in [0.29, 0.717) is 32.8 Å². The number of benzene rings is 2. The number of anilines is 1. The van der Waals surface area contributed by atoms with Gasteiger partial charge in [-0.2, -0.15) is 0 Å². The lowest BCUT2D eigenvalue weighted by Crippen LogP contribution is -2.49. The van der Waals surface area contributed by atoms with Crippen LogP contribution < -0.4 is 19.1 Å². The number of ether oxygens (including phenoxy) is 2. The number of rotatable bonds is 12. The first-order valence-electron chi connectivity index (χ1n) is 12.3. The summed E-state index contributed by atoms with van der Waals surface area (Å²) in [6.07, 6.45) is 2.06. The van der Waals surface area contributed by atoms with Crippen LogP contribution in [0.3, 0.4) is 0 Å². The molecule has 0 unspecified atom stereocenters. The van der Waals surface area contributed by atoms with Crippen molar-refractivity contribution in [2.24, 2.45) is 0 Å². The molecule has 2 aromatic carbocycles. The fourth-order valence-electron chi connectivity index (χ4n) is 3.95. The molecule has 0 radical (unpaired) electrons. The van der Waals surface area contributed by atoms with Gasteiger partial charge in [-0.1, -0.05) is 36.2 Å². The van der Waals surface area contributed by atoms with E-state index in [1.807, 2.05) is 13.8 Å². The molecule has 0 aliphatic carbocycles. The van der Waals surface area contributed by atoms with Crippen molar-refractivity contribution in [1.29, 1.82) is 0 Å². The Morgan fingerprint density at radius 2 is 1.74 bits per heavy atom. The standard InChI is InChI=1S/C26H33Cl2N3O6S/c1-5-17(2)29-26(33)18(3)30(15-20-21(27)8-6-9-22(20)28)25(32)10-7-13-31(38(4,34)35)19-11-12-23-24(14-19)37-16-36-23/h6,8-9,11-12,14,17-18H,5,7,10,13,15-16H2,1-4H3,(H,29,33)/t17-,18+/m0/s1. The molecular weight excluding hydrogens is 553 g/mol. The van der Waals surface area contributed by atoms with Crippen LogP contribution in [0.25, 0.3) is 0 Å². The fraction of sp³-hybridized carbons (Fsp3) is 0.462. The number of fused-ring (bicyclic) bond motifs is 1. The van der Waals surface area contributed by atoms with Crippen molar-refractivity contribution in [2.75, 3.05) is 23.9 Å². The van der Waals surface area contributed by atoms with E-state index in [0.717, 1.165) is 12.7 Å². The number of sulfonamides is 1. The Labute approximate surface area is 234 Å². The minimum atomic E-state index is -3.65. The Bertz CT molecular complexity index is 1250. The van der Waals surface area contributed by atoms with Gasteiger partial charge in [-0.25, -0.2) is 8.42 Å². The summed E-state index contributed by atoms with van der Waals surface area (Å²) >= 11 is 12.7. The number of nitrogens with zero attached hydrogens (tertiary/aromatic N) is 2. The second-order valence-corrected chi connectivity index (χ2v) is 11.9. The monoisotopic (exact) mass is 585 g/mol. The summed E-state index contributed by atoms with van der Waals surface area (Å²) in [6.45, 7) is 5.64. The summed E-state index contributed by atoms with van der Waals surface area (Å²) in [6, 6.07) is 9.06. The van der Waals surface area contributed by atoms with Crippen molar-refractivity contribution in [1.82, 2.24) is 10.2 Å². The van der Waals surface area contributed by atoms with Crippen LogP contribution in [-0.2, 0) is 26.2 Å². The molecule has 1 N–H and O–H groups in total. The third-order valence-electron chi connectivity index (χ3n) is 6.35. The van der Waals surface area contributed by atoms with Crippen molar-refractivity contribution < 1.29 is 27.5 Å². The molecule has 0 spiro atoms. The minimum absolute atomic E-state index is 0.000402. The van der Waals surface area contributed by atoms with Gasteiger partial charge in [-0.3, -0.25) is 13.9 Å². The van der Waals surface area contributed by atoms with Gasteiger partial charge in [0.15, 0.2) is 11.5 Å². The molecule has 0 saturated heterocycles. The van der Waals surface area contributed by atoms with Crippen LogP contribution in [-0.4, -0.2) is 56.8 Å². The third-order valence-corrected chi connectivity index (χ3v) is 8.26. The Morgan fingerprint density at radius 3 is 2.37 bits per heavy atom. The third kappa shape index (κ3) is 7.45. The molecular formula is C26H33Cl2N3O6S. The highest BCUT2D eigenvalue weighted by molar-refractivity contribution is 7.92. The fourth-order valence-corrected chi connectivity index (χ4v) is 5.42. The van der Waals surface area contributed by atoms with Gasteiger partial charge in [-0.15, -0.1) is 0 Å². The minimum Gasteiger partial charge on any atom is -0.454 e. The van der Waals surface area contributed by atoms with Crippen molar-refractivity contribution in [3.63, 3.8) is 0 Å². The van der Waals surface area contributed by atoms with Gasteiger partial charge in [0.2, 0.25) is 28.6 Å². The second kappa shape index (κ2) is 12.9. The van der Waals surface area contributed by atoms with E-state index in [1.54, 1.807) is 43.3 Å². The second-order valence-electron chi connectivity index (χ2n) is 9.19. The summed E-state index contributed by atoms with van der Waals surface area (Å²) < 4.78 is 37.0. The predicted octanol–water partition coefficient (Wildman–Crippen LogP) is 4.60. The summed E-state index contributed by atoms with van der Waals surface area (Å²) in [5.41, 5.74) is 0.940. The van der Waals surface area contributed by atoms with Crippen LogP contribution in [0.2, 0.25) is 10.0 Å². The number of carbonyl (C=O) groups is 2. The molecule has 3 rings (SSSR count). The molecule has 0 bridgehead atoms. The quantitative estimate of drug-likeness (QED) is 0.390. The number of carbonyl (C=O) groups excluding carboxylic acids is 2. The zero-order valence-electron chi connectivity index (χ0n) is 21.9. The van der Waals surface area contributed by atoms with E-state index >= 15 is 0 Å². The lowest BCUT2D eigenvalue weighted by atomic mass is 10.1. The SMILES string of the molecule is CC[C@H](C)NC(=O)[C@@H](C)N(Cc1c(Cl)cccc1Cl)C(=O)CCCN(c1ccc2c(c1)OCO2)S(C)(=O)=O. The van der Waals surface area contributed by atoms with E-state index in [9.17, 15) is 18.0 Å². The Morgan fingerprint density at radius 1 is 1.08 bits per heavy atom. The van der Waals surface area contributed by atoms with Gasteiger partial charge < -0.3 is 19.7 Å². The molecule has 2 amide bonds. The summed E-state index contributed by atoms with van der Waals surface area (Å²) in [7, 11) is -3.65. The van der Waals surface area contributed by atoms with E-state index in [1.165, 1.54) is 9.21 Å². The Kier molecular flexibility index (Phi) is 10.1. The molecule has 1 aliphatic heterocycles. The molecule has 1 aliphatic rings. The average molecular weight is 587 g/mol. The predicted molar refractivity (Wildman–Crippen MR) is 148 cm³/mol. The molecule has 38 heavy (non-hydrogen) atoms. The highest BCUT2D eigenvalue weighted by Gasteiger charge is 2.28. The molecule has 12 heteroatoms. The van der Waals surface area contributed by atoms with Crippen molar-refractivity contribution in [3.05, 3.63) is 52.0 Å². The van der Waals surface area contributed by atoms with Crippen molar-refractivity contribution in [2.45, 2.75) is 58.7 Å². The van der Waals surface area contributed by atoms with Gasteiger partial charge in [0.05, 0.1) is 11.9 Å². The van der Waals surface area contributed by atoms with Gasteiger partial charge in [0.1, 0.15) is 6.04 Å². The van der Waals surface area contributed by atoms with Gasteiger partial charge >= 0.3 is 0 Å². The van der Waals surface area contributed by atoms with Crippen LogP contribution >= 0.6 is 23.2 Å². The largest absolute Gasteiger partial charge is 0.454 e. The number of hydrogen-bond acceptors (Lipinski definition) is 6. The van der Waals surface area contributed by atoms with Crippen LogP contribution in [0.15, 0.2) is 36.4 Å². The maximum Gasteiger partial charge on any atom is 0.242 e. The van der Waals surface area contributed by atoms with Crippen LogP contribution in [0.5, 0.6) is 11.5 Å². The van der Waals surface area contributed by atoms with Crippen molar-refractivity contribution >= 4 is 50.7 Å². The lowest BCUT2D eigenvalue weighted by Gasteiger charge is -2.30. The maximum atomic E-state index is 13.4. The highest BCUT2D eigenvalue weighted by Crippen LogP contribution is 2.36. The Balaban J connectivity index is 1.77. The number of halogens is 2. The molecule has 2 aromatic rings. The van der Waals surface area contributed by atoms with E-state index in [2.05, 4.69) is 5.32 Å². The molecule has 0 aromatic heterocycles. The number of hydrogen-bond donors (Lipinski definition) is 1. The van der Waals surface area contributed by atoms with Gasteiger partial charge in [0, 0.05) is 47.2 Å². The van der Waals surface area contributed by atoms with Crippen LogP contribution in [0, 0.1) is 0 Å². The zero-order chi connectivity index (χ0) is 28.0. The van der Waals surface area contributed by atoms with Crippen molar-refractivity contribution in [3.8, 4) is 11.5 Å². The molecule has 208 valence electrons. The molecule has 0 fully saturated rings. The molecule has 2 atom stereocenters. The topological polar surface area (TPSA) is 105 Å². The zero-order valence-corrected chi connectivity index (χ0v) is 24.2. The lowest BCUT2D eigenvalue weighted by molar-refractivity contribution is -0.140. The smallest absolute Gasteiger partial charge is 0.242 e. The Hall–Kier alpha value is -2.69. The molecule has 1 heterocycles. The van der Waals surface area contributed by atoms with E-state index in [-0.39, 0.29) is 50.6 Å². The number of nitrogens with one attached hydrogen (secondary N) is 1. The van der Waals surface area contributed by atoms with Crippen LogP contribution in [0.4, 0.5) is 5.69 Å². The normalized spacial score (nSPS) is 14.1. The highest BCUT2D eigenvalue weighted by atomic mass is 35.5. The number of amides is 2.